The molecule has 2 aromatic rings. The lowest BCUT2D eigenvalue weighted by Crippen LogP contribution is -2.70. The molecule has 0 heterocycles. The van der Waals surface area contributed by atoms with Gasteiger partial charge in [-0.3, -0.25) is 24.6 Å². The maximum Gasteiger partial charge on any atom is 0.411 e. The summed E-state index contributed by atoms with van der Waals surface area (Å²) in [6.07, 6.45) is -2.40. The lowest BCUT2D eigenvalue weighted by Gasteiger charge is -2.53. The van der Waals surface area contributed by atoms with Gasteiger partial charge in [0.2, 0.25) is 5.78 Å². The Morgan fingerprint density at radius 3 is 2.28 bits per heavy atom. The normalized spacial score (nSPS) is 27.2. The minimum absolute atomic E-state index is 0.0659. The van der Waals surface area contributed by atoms with Gasteiger partial charge in [0.1, 0.15) is 29.4 Å². The number of methoxy groups -OCH3 is 1. The summed E-state index contributed by atoms with van der Waals surface area (Å²) in [6.45, 7) is 1.96. The Labute approximate surface area is 263 Å². The van der Waals surface area contributed by atoms with Crippen LogP contribution in [0.2, 0.25) is 0 Å². The summed E-state index contributed by atoms with van der Waals surface area (Å²) in [5.41, 5.74) is 2.67. The first kappa shape index (κ1) is 32.6. The van der Waals surface area contributed by atoms with Gasteiger partial charge in [-0.25, -0.2) is 4.79 Å². The highest BCUT2D eigenvalue weighted by atomic mass is 16.6. The molecule has 6 atom stereocenters. The Bertz CT molecular complexity index is 1700. The van der Waals surface area contributed by atoms with Gasteiger partial charge in [0.05, 0.1) is 30.2 Å². The highest BCUT2D eigenvalue weighted by molar-refractivity contribution is 6.24. The predicted molar refractivity (Wildman–Crippen MR) is 163 cm³/mol. The highest BCUT2D eigenvalue weighted by Crippen LogP contribution is 2.57. The number of phenols is 1. The fourth-order valence-corrected chi connectivity index (χ4v) is 7.05. The molecule has 244 valence electrons. The van der Waals surface area contributed by atoms with Gasteiger partial charge in [-0.05, 0) is 54.9 Å². The van der Waals surface area contributed by atoms with Crippen molar-refractivity contribution in [1.29, 1.82) is 0 Å². The summed E-state index contributed by atoms with van der Waals surface area (Å²) in [5.74, 6) is -9.72. The van der Waals surface area contributed by atoms with Gasteiger partial charge < -0.3 is 40.7 Å². The number of nitrogens with two attached hydrogens (primary N) is 1. The third-order valence-corrected chi connectivity index (χ3v) is 9.07. The molecule has 5 rings (SSSR count). The molecule has 3 aliphatic carbocycles. The number of primary amides is 1. The molecule has 2 aromatic carbocycles. The van der Waals surface area contributed by atoms with Crippen molar-refractivity contribution in [3.05, 3.63) is 64.4 Å². The molecule has 0 spiro atoms. The maximum atomic E-state index is 14.2. The van der Waals surface area contributed by atoms with Crippen LogP contribution < -0.4 is 11.1 Å². The molecule has 0 aromatic heterocycles. The number of nitrogens with one attached hydrogen (secondary N) is 1. The first-order chi connectivity index (χ1) is 21.7. The Morgan fingerprint density at radius 2 is 1.70 bits per heavy atom. The zero-order valence-corrected chi connectivity index (χ0v) is 25.5. The van der Waals surface area contributed by atoms with Crippen molar-refractivity contribution < 1.29 is 54.2 Å². The molecule has 6 unspecified atom stereocenters. The van der Waals surface area contributed by atoms with E-state index in [1.165, 1.54) is 32.2 Å². The van der Waals surface area contributed by atoms with Crippen LogP contribution in [0.15, 0.2) is 53.3 Å². The van der Waals surface area contributed by atoms with Gasteiger partial charge in [-0.1, -0.05) is 25.1 Å². The van der Waals surface area contributed by atoms with Crippen LogP contribution in [0.3, 0.4) is 0 Å². The Kier molecular flexibility index (Phi) is 8.42. The number of likely N-dealkylation sites (N-methyl/N-ethyl adjacent to an activating group) is 1. The number of phenolic OH excluding ortho intramolecular Hbond substituents is 1. The van der Waals surface area contributed by atoms with Crippen LogP contribution in [-0.4, -0.2) is 106 Å². The van der Waals surface area contributed by atoms with Crippen LogP contribution in [-0.2, 0) is 23.9 Å². The standard InChI is InChI=1S/C32H35N3O11/c1-13-18-16(14-5-7-15(8-6-14)34-31(43)46-12-11-45-4)9-10-17(36)20(18)25(37)21-19(13)26(38)23-24(35(2)3)27(39)22(30(33)42)29(41)32(23,44)28(21)40/h5-10,13,19,23-24,26,36-38,41,44H,11-12H2,1-4H3,(H2,33,42)(H,34,43). The Balaban J connectivity index is 1.64. The molecular formula is C32H35N3O11. The fraction of sp³-hybridized carbons (Fsp3) is 0.375. The lowest BCUT2D eigenvalue weighted by atomic mass is 9.54. The van der Waals surface area contributed by atoms with Gasteiger partial charge in [0, 0.05) is 24.3 Å². The van der Waals surface area contributed by atoms with Crippen LogP contribution in [0, 0.1) is 11.8 Å². The van der Waals surface area contributed by atoms with E-state index < -0.39 is 87.5 Å². The first-order valence-corrected chi connectivity index (χ1v) is 14.4. The number of anilines is 1. The average Bonchev–Trinajstić information content (AvgIpc) is 2.99. The molecule has 0 aliphatic heterocycles. The number of aliphatic hydroxyl groups is 4. The minimum Gasteiger partial charge on any atom is -0.508 e. The summed E-state index contributed by atoms with van der Waals surface area (Å²) in [4.78, 5) is 53.1. The molecule has 2 amide bonds. The van der Waals surface area contributed by atoms with E-state index in [0.29, 0.717) is 22.4 Å². The Morgan fingerprint density at radius 1 is 1.04 bits per heavy atom. The Hall–Kier alpha value is -4.76. The van der Waals surface area contributed by atoms with E-state index >= 15 is 0 Å². The smallest absolute Gasteiger partial charge is 0.411 e. The van der Waals surface area contributed by atoms with E-state index in [1.54, 1.807) is 37.3 Å². The predicted octanol–water partition coefficient (Wildman–Crippen LogP) is 1.36. The van der Waals surface area contributed by atoms with E-state index in [0.717, 1.165) is 0 Å². The van der Waals surface area contributed by atoms with Gasteiger partial charge in [-0.15, -0.1) is 0 Å². The van der Waals surface area contributed by atoms with E-state index in [4.69, 9.17) is 15.2 Å². The first-order valence-electron chi connectivity index (χ1n) is 14.4. The monoisotopic (exact) mass is 637 g/mol. The van der Waals surface area contributed by atoms with E-state index in [1.807, 2.05) is 0 Å². The minimum atomic E-state index is -3.00. The number of hydrogen-bond acceptors (Lipinski definition) is 12. The molecule has 14 heteroatoms. The second-order valence-corrected chi connectivity index (χ2v) is 11.8. The second-order valence-electron chi connectivity index (χ2n) is 11.8. The zero-order valence-electron chi connectivity index (χ0n) is 25.5. The largest absolute Gasteiger partial charge is 0.508 e. The van der Waals surface area contributed by atoms with E-state index in [9.17, 15) is 44.7 Å². The van der Waals surface area contributed by atoms with Crippen LogP contribution in [0.1, 0.15) is 24.0 Å². The summed E-state index contributed by atoms with van der Waals surface area (Å²) in [5, 5.41) is 59.9. The number of benzene rings is 2. The number of carbonyl (C=O) groups is 4. The topological polar surface area (TPSA) is 229 Å². The maximum absolute atomic E-state index is 14.2. The number of aromatic hydroxyl groups is 1. The molecule has 8 N–H and O–H groups in total. The number of fused-ring (bicyclic) bond motifs is 3. The lowest BCUT2D eigenvalue weighted by molar-refractivity contribution is -0.169. The molecule has 0 bridgehead atoms. The number of amides is 2. The van der Waals surface area contributed by atoms with Crippen molar-refractivity contribution in [1.82, 2.24) is 4.90 Å². The van der Waals surface area contributed by atoms with E-state index in [-0.39, 0.29) is 18.8 Å². The number of carbonyl (C=O) groups excluding carboxylic acids is 4. The van der Waals surface area contributed by atoms with Crippen molar-refractivity contribution in [3.63, 3.8) is 0 Å². The van der Waals surface area contributed by atoms with Crippen LogP contribution in [0.5, 0.6) is 5.75 Å². The molecule has 3 aliphatic rings. The molecule has 0 saturated heterocycles. The number of ether oxygens (including phenoxy) is 2. The van der Waals surface area contributed by atoms with Crippen LogP contribution >= 0.6 is 0 Å². The summed E-state index contributed by atoms with van der Waals surface area (Å²) < 4.78 is 9.87. The van der Waals surface area contributed by atoms with Gasteiger partial charge >= 0.3 is 6.09 Å². The third-order valence-electron chi connectivity index (χ3n) is 9.07. The fourth-order valence-electron chi connectivity index (χ4n) is 7.05. The quantitative estimate of drug-likeness (QED) is 0.169. The summed E-state index contributed by atoms with van der Waals surface area (Å²) in [7, 11) is 4.36. The van der Waals surface area contributed by atoms with Crippen molar-refractivity contribution in [3.8, 4) is 16.9 Å². The molecule has 1 fully saturated rings. The number of aliphatic hydroxyl groups excluding tert-OH is 3. The zero-order chi connectivity index (χ0) is 33.8. The van der Waals surface area contributed by atoms with Gasteiger partial charge in [0.25, 0.3) is 5.91 Å². The number of hydrogen-bond donors (Lipinski definition) is 7. The van der Waals surface area contributed by atoms with Gasteiger partial charge in [0.15, 0.2) is 11.4 Å². The summed E-state index contributed by atoms with van der Waals surface area (Å²) in [6, 6.07) is 8.03. The molecule has 0 radical (unpaired) electrons. The highest BCUT2D eigenvalue weighted by Gasteiger charge is 2.68. The number of Topliss-reactive ketones (excluding diaryl/α,β-unsaturated/α-hetero) is 2. The number of nitrogens with zero attached hydrogens (tertiary/aromatic N) is 1. The molecule has 46 heavy (non-hydrogen) atoms. The van der Waals surface area contributed by atoms with Crippen LogP contribution in [0.4, 0.5) is 10.5 Å². The molecular weight excluding hydrogens is 602 g/mol. The van der Waals surface area contributed by atoms with Crippen molar-refractivity contribution >= 4 is 35.0 Å². The number of rotatable bonds is 7. The molecule has 14 nitrogen and oxygen atoms in total. The second kappa shape index (κ2) is 11.9. The SMILES string of the molecule is COCCOC(=O)Nc1ccc(-c2ccc(O)c3c2C(C)C2C(=C3O)C(=O)C3(O)C(O)=C(C(N)=O)C(=O)C(N(C)C)C3C2O)cc1. The van der Waals surface area contributed by atoms with Crippen LogP contribution in [0.25, 0.3) is 16.9 Å². The van der Waals surface area contributed by atoms with Gasteiger partial charge in [-0.2, -0.15) is 0 Å². The van der Waals surface area contributed by atoms with Crippen molar-refractivity contribution in [2.75, 3.05) is 39.7 Å². The molecule has 1 saturated carbocycles. The average molecular weight is 638 g/mol. The van der Waals surface area contributed by atoms with Crippen molar-refractivity contribution in [2.24, 2.45) is 17.6 Å². The van der Waals surface area contributed by atoms with Crippen molar-refractivity contribution in [2.45, 2.75) is 30.6 Å². The summed E-state index contributed by atoms with van der Waals surface area (Å²) >= 11 is 0. The number of ketones is 2. The third kappa shape index (κ3) is 4.81. The van der Waals surface area contributed by atoms with E-state index in [2.05, 4.69) is 5.32 Å².